The largest absolute Gasteiger partial charge is 0.472 e. The molecular weight excluding hydrogens is 384 g/mol. The predicted octanol–water partition coefficient (Wildman–Crippen LogP) is 2.51. The minimum atomic E-state index is -1.26. The van der Waals surface area contributed by atoms with Gasteiger partial charge in [0.1, 0.15) is 6.61 Å². The number of aliphatic carboxylic acids is 1. The zero-order valence-corrected chi connectivity index (χ0v) is 16.5. The fraction of sp³-hybridized carbons (Fsp3) is 0.261. The van der Waals surface area contributed by atoms with E-state index < -0.39 is 18.1 Å². The molecule has 0 radical (unpaired) electrons. The van der Waals surface area contributed by atoms with Crippen LogP contribution < -0.4 is 10.6 Å². The summed E-state index contributed by atoms with van der Waals surface area (Å²) >= 11 is 0. The Hall–Kier alpha value is -3.79. The van der Waals surface area contributed by atoms with Gasteiger partial charge in [0, 0.05) is 24.3 Å². The number of hydrogen-bond acceptors (Lipinski definition) is 4. The Balaban J connectivity index is 1.50. The minimum Gasteiger partial charge on any atom is -0.472 e. The third-order valence-corrected chi connectivity index (χ3v) is 4.77. The number of amides is 2. The number of rotatable bonds is 6. The Morgan fingerprint density at radius 2 is 1.67 bits per heavy atom. The maximum Gasteiger partial charge on any atom is 0.407 e. The molecule has 30 heavy (non-hydrogen) atoms. The highest BCUT2D eigenvalue weighted by atomic mass is 16.5. The number of carbonyl (C=O) groups is 3. The van der Waals surface area contributed by atoms with Gasteiger partial charge < -0.3 is 20.5 Å². The first kappa shape index (κ1) is 20.9. The SMILES string of the molecule is CC(CC(=O)NCC#CC(=O)O)NC(=O)OCC1c2ccccc2-c2ccccc21. The average molecular weight is 406 g/mol. The molecule has 2 amide bonds. The van der Waals surface area contributed by atoms with Crippen LogP contribution in [0, 0.1) is 11.8 Å². The van der Waals surface area contributed by atoms with Crippen molar-refractivity contribution in [3.63, 3.8) is 0 Å². The van der Waals surface area contributed by atoms with Crippen molar-refractivity contribution in [1.82, 2.24) is 10.6 Å². The third-order valence-electron chi connectivity index (χ3n) is 4.77. The normalized spacial score (nSPS) is 12.6. The number of carboxylic acids is 1. The second kappa shape index (κ2) is 9.61. The van der Waals surface area contributed by atoms with Crippen molar-refractivity contribution in [2.24, 2.45) is 0 Å². The molecule has 1 aliphatic carbocycles. The van der Waals surface area contributed by atoms with Crippen LogP contribution in [0.3, 0.4) is 0 Å². The molecule has 7 nitrogen and oxygen atoms in total. The summed E-state index contributed by atoms with van der Waals surface area (Å²) in [7, 11) is 0. The molecular formula is C23H22N2O5. The van der Waals surface area contributed by atoms with E-state index in [4.69, 9.17) is 9.84 Å². The highest BCUT2D eigenvalue weighted by Gasteiger charge is 2.29. The molecule has 2 aromatic carbocycles. The molecule has 0 saturated heterocycles. The average Bonchev–Trinajstić information content (AvgIpc) is 3.03. The molecule has 0 heterocycles. The zero-order chi connectivity index (χ0) is 21.5. The number of hydrogen-bond donors (Lipinski definition) is 3. The first-order chi connectivity index (χ1) is 14.5. The summed E-state index contributed by atoms with van der Waals surface area (Å²) in [6, 6.07) is 15.7. The van der Waals surface area contributed by atoms with Crippen LogP contribution in [0.25, 0.3) is 11.1 Å². The molecule has 1 atom stereocenters. The molecule has 0 bridgehead atoms. The molecule has 2 aromatic rings. The molecule has 3 N–H and O–H groups in total. The maximum atomic E-state index is 12.2. The number of fused-ring (bicyclic) bond motifs is 3. The van der Waals surface area contributed by atoms with Crippen LogP contribution in [0.5, 0.6) is 0 Å². The van der Waals surface area contributed by atoms with Gasteiger partial charge in [-0.3, -0.25) is 4.79 Å². The van der Waals surface area contributed by atoms with Gasteiger partial charge in [0.15, 0.2) is 0 Å². The quantitative estimate of drug-likeness (QED) is 0.640. The van der Waals surface area contributed by atoms with Crippen molar-refractivity contribution >= 4 is 18.0 Å². The van der Waals surface area contributed by atoms with E-state index in [1.807, 2.05) is 42.3 Å². The van der Waals surface area contributed by atoms with E-state index in [0.717, 1.165) is 22.3 Å². The van der Waals surface area contributed by atoms with Gasteiger partial charge in [0.25, 0.3) is 0 Å². The van der Waals surface area contributed by atoms with Gasteiger partial charge in [-0.25, -0.2) is 9.59 Å². The van der Waals surface area contributed by atoms with Crippen molar-refractivity contribution in [3.8, 4) is 23.0 Å². The summed E-state index contributed by atoms with van der Waals surface area (Å²) in [6.45, 7) is 1.82. The van der Waals surface area contributed by atoms with E-state index in [9.17, 15) is 14.4 Å². The summed E-state index contributed by atoms with van der Waals surface area (Å²) in [5, 5.41) is 13.5. The Morgan fingerprint density at radius 3 is 2.27 bits per heavy atom. The standard InChI is InChI=1S/C23H22N2O5/c1-15(13-21(26)24-12-6-11-22(27)28)25-23(29)30-14-20-18-9-4-2-7-16(18)17-8-3-5-10-19(17)20/h2-5,7-10,15,20H,12-14H2,1H3,(H,24,26)(H,25,29)(H,27,28). The predicted molar refractivity (Wildman–Crippen MR) is 111 cm³/mol. The number of carbonyl (C=O) groups excluding carboxylic acids is 2. The first-order valence-electron chi connectivity index (χ1n) is 9.55. The van der Waals surface area contributed by atoms with Gasteiger partial charge in [-0.05, 0) is 29.2 Å². The number of carboxylic acid groups (broad SMARTS) is 1. The number of ether oxygens (including phenoxy) is 1. The minimum absolute atomic E-state index is 0.0267. The van der Waals surface area contributed by atoms with Crippen LogP contribution in [0.1, 0.15) is 30.4 Å². The Morgan fingerprint density at radius 1 is 1.07 bits per heavy atom. The fourth-order valence-corrected chi connectivity index (χ4v) is 3.51. The van der Waals surface area contributed by atoms with Gasteiger partial charge in [-0.2, -0.15) is 0 Å². The highest BCUT2D eigenvalue weighted by Crippen LogP contribution is 2.44. The Labute approximate surface area is 174 Å². The molecule has 0 saturated carbocycles. The van der Waals surface area contributed by atoms with Crippen LogP contribution >= 0.6 is 0 Å². The molecule has 0 aromatic heterocycles. The second-order valence-electron chi connectivity index (χ2n) is 6.96. The van der Waals surface area contributed by atoms with Gasteiger partial charge in [0.05, 0.1) is 6.54 Å². The molecule has 0 spiro atoms. The summed E-state index contributed by atoms with van der Waals surface area (Å²) in [5.41, 5.74) is 4.55. The van der Waals surface area contributed by atoms with Crippen LogP contribution in [0.2, 0.25) is 0 Å². The van der Waals surface area contributed by atoms with E-state index in [2.05, 4.69) is 28.7 Å². The van der Waals surface area contributed by atoms with E-state index >= 15 is 0 Å². The monoisotopic (exact) mass is 406 g/mol. The van der Waals surface area contributed by atoms with Gasteiger partial charge in [-0.15, -0.1) is 0 Å². The summed E-state index contributed by atoms with van der Waals surface area (Å²) in [5.74, 6) is 2.58. The zero-order valence-electron chi connectivity index (χ0n) is 16.5. The lowest BCUT2D eigenvalue weighted by atomic mass is 9.98. The molecule has 1 aliphatic rings. The van der Waals surface area contributed by atoms with E-state index in [-0.39, 0.29) is 31.4 Å². The Kier molecular flexibility index (Phi) is 6.71. The number of benzene rings is 2. The first-order valence-corrected chi connectivity index (χ1v) is 9.55. The van der Waals surface area contributed by atoms with Crippen molar-refractivity contribution in [2.75, 3.05) is 13.2 Å². The van der Waals surface area contributed by atoms with Crippen molar-refractivity contribution < 1.29 is 24.2 Å². The topological polar surface area (TPSA) is 105 Å². The Bertz CT molecular complexity index is 976. The smallest absolute Gasteiger partial charge is 0.407 e. The summed E-state index contributed by atoms with van der Waals surface area (Å²) in [4.78, 5) is 34.3. The maximum absolute atomic E-state index is 12.2. The van der Waals surface area contributed by atoms with Crippen LogP contribution in [0.4, 0.5) is 4.79 Å². The van der Waals surface area contributed by atoms with Gasteiger partial charge in [-0.1, -0.05) is 54.5 Å². The second-order valence-corrected chi connectivity index (χ2v) is 6.96. The molecule has 1 unspecified atom stereocenters. The number of alkyl carbamates (subject to hydrolysis) is 1. The van der Waals surface area contributed by atoms with Crippen LogP contribution in [0.15, 0.2) is 48.5 Å². The molecule has 7 heteroatoms. The van der Waals surface area contributed by atoms with E-state index in [1.165, 1.54) is 0 Å². The third kappa shape index (κ3) is 5.17. The number of nitrogens with one attached hydrogen (secondary N) is 2. The van der Waals surface area contributed by atoms with Crippen LogP contribution in [-0.2, 0) is 14.3 Å². The van der Waals surface area contributed by atoms with Gasteiger partial charge >= 0.3 is 12.1 Å². The van der Waals surface area contributed by atoms with Crippen molar-refractivity contribution in [1.29, 1.82) is 0 Å². The lowest BCUT2D eigenvalue weighted by Crippen LogP contribution is -2.38. The van der Waals surface area contributed by atoms with Crippen molar-refractivity contribution in [3.05, 3.63) is 59.7 Å². The molecule has 3 rings (SSSR count). The van der Waals surface area contributed by atoms with Gasteiger partial charge in [0.2, 0.25) is 5.91 Å². The summed E-state index contributed by atoms with van der Waals surface area (Å²) < 4.78 is 5.45. The summed E-state index contributed by atoms with van der Waals surface area (Å²) in [6.07, 6.45) is -0.568. The fourth-order valence-electron chi connectivity index (χ4n) is 3.51. The molecule has 0 aliphatic heterocycles. The lowest BCUT2D eigenvalue weighted by molar-refractivity contribution is -0.130. The highest BCUT2D eigenvalue weighted by molar-refractivity contribution is 5.86. The van der Waals surface area contributed by atoms with Crippen LogP contribution in [-0.4, -0.2) is 42.3 Å². The molecule has 154 valence electrons. The van der Waals surface area contributed by atoms with E-state index in [1.54, 1.807) is 6.92 Å². The lowest BCUT2D eigenvalue weighted by Gasteiger charge is -2.17. The van der Waals surface area contributed by atoms with E-state index in [0.29, 0.717) is 0 Å². The van der Waals surface area contributed by atoms with Crippen molar-refractivity contribution in [2.45, 2.75) is 25.3 Å². The molecule has 0 fully saturated rings.